The van der Waals surface area contributed by atoms with Crippen LogP contribution in [0, 0.1) is 0 Å². The van der Waals surface area contributed by atoms with Gasteiger partial charge in [-0.05, 0) is 36.4 Å². The highest BCUT2D eigenvalue weighted by Crippen LogP contribution is 2.20. The molecule has 3 rings (SSSR count). The lowest BCUT2D eigenvalue weighted by atomic mass is 10.1. The number of halogens is 2. The standard InChI is InChI=1S/C20H20BrClN2O4S/c21-16-3-1-15(2-4-16)19(25)9-10-20(26)23-11-13-24(14-12-23)29(27,28)18-7-5-17(22)6-8-18/h1-8H,9-14H2. The maximum Gasteiger partial charge on any atom is 0.243 e. The molecule has 29 heavy (non-hydrogen) atoms. The summed E-state index contributed by atoms with van der Waals surface area (Å²) in [7, 11) is -3.61. The van der Waals surface area contributed by atoms with E-state index in [2.05, 4.69) is 15.9 Å². The lowest BCUT2D eigenvalue weighted by molar-refractivity contribution is -0.132. The minimum absolute atomic E-state index is 0.0881. The van der Waals surface area contributed by atoms with Crippen LogP contribution in [0.5, 0.6) is 0 Å². The van der Waals surface area contributed by atoms with Gasteiger partial charge in [0.1, 0.15) is 0 Å². The molecule has 6 nitrogen and oxygen atoms in total. The van der Waals surface area contributed by atoms with E-state index in [4.69, 9.17) is 11.6 Å². The molecule has 154 valence electrons. The van der Waals surface area contributed by atoms with Gasteiger partial charge in [0.15, 0.2) is 5.78 Å². The van der Waals surface area contributed by atoms with Gasteiger partial charge in [0, 0.05) is 54.1 Å². The predicted molar refractivity (Wildman–Crippen MR) is 114 cm³/mol. The Morgan fingerprint density at radius 2 is 1.48 bits per heavy atom. The van der Waals surface area contributed by atoms with Crippen molar-refractivity contribution in [1.82, 2.24) is 9.21 Å². The van der Waals surface area contributed by atoms with Crippen LogP contribution in [0.15, 0.2) is 57.9 Å². The summed E-state index contributed by atoms with van der Waals surface area (Å²) in [6, 6.07) is 13.0. The molecule has 0 aliphatic carbocycles. The van der Waals surface area contributed by atoms with Crippen molar-refractivity contribution in [2.45, 2.75) is 17.7 Å². The first-order valence-corrected chi connectivity index (χ1v) is 11.7. The zero-order chi connectivity index (χ0) is 21.0. The quantitative estimate of drug-likeness (QED) is 0.569. The van der Waals surface area contributed by atoms with E-state index in [0.29, 0.717) is 23.7 Å². The Hall–Kier alpha value is -1.74. The third-order valence-electron chi connectivity index (χ3n) is 4.77. The molecule has 0 radical (unpaired) electrons. The Morgan fingerprint density at radius 3 is 2.07 bits per heavy atom. The number of hydrogen-bond acceptors (Lipinski definition) is 4. The van der Waals surface area contributed by atoms with E-state index in [-0.39, 0.29) is 42.5 Å². The van der Waals surface area contributed by atoms with Crippen molar-refractivity contribution in [2.24, 2.45) is 0 Å². The Kier molecular flexibility index (Phi) is 7.10. The Morgan fingerprint density at radius 1 is 0.897 bits per heavy atom. The summed E-state index contributed by atoms with van der Waals surface area (Å²) < 4.78 is 27.7. The van der Waals surface area contributed by atoms with E-state index in [1.165, 1.54) is 28.6 Å². The first-order valence-electron chi connectivity index (χ1n) is 9.09. The van der Waals surface area contributed by atoms with Crippen LogP contribution in [0.1, 0.15) is 23.2 Å². The zero-order valence-electron chi connectivity index (χ0n) is 15.6. The maximum absolute atomic E-state index is 12.7. The molecule has 2 aromatic carbocycles. The second-order valence-electron chi connectivity index (χ2n) is 6.67. The van der Waals surface area contributed by atoms with Crippen molar-refractivity contribution in [3.63, 3.8) is 0 Å². The topological polar surface area (TPSA) is 74.8 Å². The van der Waals surface area contributed by atoms with Crippen molar-refractivity contribution in [3.05, 3.63) is 63.6 Å². The summed E-state index contributed by atoms with van der Waals surface area (Å²) in [6.45, 7) is 1.05. The minimum Gasteiger partial charge on any atom is -0.340 e. The van der Waals surface area contributed by atoms with Crippen molar-refractivity contribution >= 4 is 49.2 Å². The molecule has 0 N–H and O–H groups in total. The van der Waals surface area contributed by atoms with Gasteiger partial charge in [0.05, 0.1) is 4.90 Å². The van der Waals surface area contributed by atoms with Crippen LogP contribution in [0.2, 0.25) is 5.02 Å². The van der Waals surface area contributed by atoms with E-state index < -0.39 is 10.0 Å². The van der Waals surface area contributed by atoms with Gasteiger partial charge in [-0.2, -0.15) is 4.31 Å². The van der Waals surface area contributed by atoms with Crippen LogP contribution in [-0.4, -0.2) is 55.5 Å². The van der Waals surface area contributed by atoms with Crippen LogP contribution in [-0.2, 0) is 14.8 Å². The first-order chi connectivity index (χ1) is 13.8. The molecule has 1 aliphatic rings. The monoisotopic (exact) mass is 498 g/mol. The van der Waals surface area contributed by atoms with Crippen molar-refractivity contribution in [3.8, 4) is 0 Å². The molecule has 1 amide bonds. The smallest absolute Gasteiger partial charge is 0.243 e. The fourth-order valence-electron chi connectivity index (χ4n) is 3.09. The number of nitrogens with zero attached hydrogens (tertiary/aromatic N) is 2. The summed E-state index contributed by atoms with van der Waals surface area (Å²) in [5.74, 6) is -0.228. The fraction of sp³-hybridized carbons (Fsp3) is 0.300. The first kappa shape index (κ1) is 22.0. The molecule has 0 bridgehead atoms. The molecule has 9 heteroatoms. The van der Waals surface area contributed by atoms with Gasteiger partial charge in [-0.3, -0.25) is 9.59 Å². The van der Waals surface area contributed by atoms with Gasteiger partial charge in [0.2, 0.25) is 15.9 Å². The van der Waals surface area contributed by atoms with Gasteiger partial charge < -0.3 is 4.90 Å². The average molecular weight is 500 g/mol. The molecule has 0 atom stereocenters. The third kappa shape index (κ3) is 5.45. The number of amides is 1. The number of sulfonamides is 1. The van der Waals surface area contributed by atoms with Crippen LogP contribution < -0.4 is 0 Å². The SMILES string of the molecule is O=C(CCC(=O)N1CCN(S(=O)(=O)c2ccc(Cl)cc2)CC1)c1ccc(Br)cc1. The van der Waals surface area contributed by atoms with E-state index >= 15 is 0 Å². The number of benzene rings is 2. The van der Waals surface area contributed by atoms with Gasteiger partial charge >= 0.3 is 0 Å². The summed E-state index contributed by atoms with van der Waals surface area (Å²) in [6.07, 6.45) is 0.239. The summed E-state index contributed by atoms with van der Waals surface area (Å²) >= 11 is 9.14. The lowest BCUT2D eigenvalue weighted by Gasteiger charge is -2.34. The van der Waals surface area contributed by atoms with E-state index in [1.54, 1.807) is 29.2 Å². The van der Waals surface area contributed by atoms with Gasteiger partial charge in [-0.1, -0.05) is 39.7 Å². The summed E-state index contributed by atoms with van der Waals surface area (Å²) in [5, 5.41) is 0.469. The zero-order valence-corrected chi connectivity index (χ0v) is 18.7. The average Bonchev–Trinajstić information content (AvgIpc) is 2.72. The van der Waals surface area contributed by atoms with Crippen LogP contribution in [0.4, 0.5) is 0 Å². The molecule has 0 aromatic heterocycles. The minimum atomic E-state index is -3.61. The Bertz CT molecular complexity index is 986. The molecule has 1 saturated heterocycles. The molecule has 1 aliphatic heterocycles. The number of piperazine rings is 1. The maximum atomic E-state index is 12.7. The second-order valence-corrected chi connectivity index (χ2v) is 9.96. The van der Waals surface area contributed by atoms with E-state index in [1.807, 2.05) is 0 Å². The van der Waals surface area contributed by atoms with Crippen molar-refractivity contribution < 1.29 is 18.0 Å². The van der Waals surface area contributed by atoms with Crippen LogP contribution >= 0.6 is 27.5 Å². The molecular weight excluding hydrogens is 480 g/mol. The van der Waals surface area contributed by atoms with Crippen molar-refractivity contribution in [2.75, 3.05) is 26.2 Å². The highest BCUT2D eigenvalue weighted by molar-refractivity contribution is 9.10. The Balaban J connectivity index is 1.52. The molecule has 1 fully saturated rings. The van der Waals surface area contributed by atoms with Crippen molar-refractivity contribution in [1.29, 1.82) is 0 Å². The molecule has 1 heterocycles. The van der Waals surface area contributed by atoms with E-state index in [9.17, 15) is 18.0 Å². The summed E-state index contributed by atoms with van der Waals surface area (Å²) in [5.41, 5.74) is 0.569. The van der Waals surface area contributed by atoms with Crippen LogP contribution in [0.3, 0.4) is 0 Å². The highest BCUT2D eigenvalue weighted by Gasteiger charge is 2.30. The lowest BCUT2D eigenvalue weighted by Crippen LogP contribution is -2.50. The molecule has 2 aromatic rings. The Labute approximate surface area is 183 Å². The van der Waals surface area contributed by atoms with Gasteiger partial charge in [0.25, 0.3) is 0 Å². The van der Waals surface area contributed by atoms with E-state index in [0.717, 1.165) is 4.47 Å². The second kappa shape index (κ2) is 9.38. The molecule has 0 saturated carbocycles. The number of hydrogen-bond donors (Lipinski definition) is 0. The molecular formula is C20H20BrClN2O4S. The fourth-order valence-corrected chi connectivity index (χ4v) is 4.90. The molecule has 0 unspecified atom stereocenters. The number of ketones is 1. The predicted octanol–water partition coefficient (Wildman–Crippen LogP) is 3.60. The number of carbonyl (C=O) groups is 2. The van der Waals surface area contributed by atoms with Crippen LogP contribution in [0.25, 0.3) is 0 Å². The summed E-state index contributed by atoms with van der Waals surface area (Å²) in [4.78, 5) is 26.5. The largest absolute Gasteiger partial charge is 0.340 e. The normalized spacial score (nSPS) is 15.3. The number of Topliss-reactive ketones (excluding diaryl/α,β-unsaturated/α-hetero) is 1. The highest BCUT2D eigenvalue weighted by atomic mass is 79.9. The van der Waals surface area contributed by atoms with Gasteiger partial charge in [-0.25, -0.2) is 8.42 Å². The third-order valence-corrected chi connectivity index (χ3v) is 7.47. The number of carbonyl (C=O) groups excluding carboxylic acids is 2. The number of rotatable bonds is 6. The van der Waals surface area contributed by atoms with Gasteiger partial charge in [-0.15, -0.1) is 0 Å². The molecule has 0 spiro atoms.